The van der Waals surface area contributed by atoms with Gasteiger partial charge in [0.1, 0.15) is 0 Å². The number of nitriles is 1. The van der Waals surface area contributed by atoms with Crippen molar-refractivity contribution in [2.24, 2.45) is 0 Å². The Morgan fingerprint density at radius 1 is 1.60 bits per heavy atom. The fraction of sp³-hybridized carbons (Fsp3) is 0.222. The first-order valence-electron chi connectivity index (χ1n) is 4.01. The van der Waals surface area contributed by atoms with Gasteiger partial charge >= 0.3 is 11.4 Å². The molecular weight excluding hydrogens is 282 g/mol. The third kappa shape index (κ3) is 3.72. The SMILES string of the molecule is CC(OS(=O)O)c1cc(Br)cc(C#N)c1. The van der Waals surface area contributed by atoms with E-state index in [9.17, 15) is 4.21 Å². The van der Waals surface area contributed by atoms with Crippen LogP contribution >= 0.6 is 15.9 Å². The molecule has 1 aromatic carbocycles. The van der Waals surface area contributed by atoms with Crippen molar-refractivity contribution >= 4 is 27.3 Å². The first-order valence-corrected chi connectivity index (χ1v) is 5.84. The summed E-state index contributed by atoms with van der Waals surface area (Å²) < 4.78 is 24.4. The zero-order valence-corrected chi connectivity index (χ0v) is 10.2. The van der Waals surface area contributed by atoms with Crippen LogP contribution in [0.25, 0.3) is 0 Å². The molecular formula is C9H8BrNO3S. The summed E-state index contributed by atoms with van der Waals surface area (Å²) in [6, 6.07) is 7.00. The van der Waals surface area contributed by atoms with Gasteiger partial charge in [-0.25, -0.2) is 0 Å². The van der Waals surface area contributed by atoms with Crippen LogP contribution in [0.1, 0.15) is 24.2 Å². The van der Waals surface area contributed by atoms with E-state index in [1.165, 1.54) is 0 Å². The van der Waals surface area contributed by atoms with Crippen LogP contribution in [0.3, 0.4) is 0 Å². The first kappa shape index (κ1) is 12.3. The van der Waals surface area contributed by atoms with Crippen molar-refractivity contribution in [3.63, 3.8) is 0 Å². The van der Waals surface area contributed by atoms with Gasteiger partial charge in [0.15, 0.2) is 0 Å². The molecule has 0 aliphatic heterocycles. The van der Waals surface area contributed by atoms with Crippen LogP contribution in [-0.4, -0.2) is 8.76 Å². The van der Waals surface area contributed by atoms with Gasteiger partial charge in [-0.15, -0.1) is 0 Å². The van der Waals surface area contributed by atoms with E-state index in [0.717, 1.165) is 4.47 Å². The van der Waals surface area contributed by atoms with E-state index in [-0.39, 0.29) is 0 Å². The quantitative estimate of drug-likeness (QED) is 0.868. The minimum absolute atomic E-state index is 0.471. The highest BCUT2D eigenvalue weighted by Crippen LogP contribution is 2.23. The monoisotopic (exact) mass is 289 g/mol. The summed E-state index contributed by atoms with van der Waals surface area (Å²) >= 11 is 0.934. The highest BCUT2D eigenvalue weighted by atomic mass is 79.9. The van der Waals surface area contributed by atoms with Crippen LogP contribution in [0.2, 0.25) is 0 Å². The lowest BCUT2D eigenvalue weighted by molar-refractivity contribution is 0.227. The molecule has 0 heterocycles. The number of halogens is 1. The molecule has 1 N–H and O–H groups in total. The summed E-state index contributed by atoms with van der Waals surface area (Å²) in [7, 11) is 0. The average molecular weight is 290 g/mol. The van der Waals surface area contributed by atoms with Crippen LogP contribution in [0, 0.1) is 11.3 Å². The molecule has 0 bridgehead atoms. The molecule has 2 unspecified atom stereocenters. The molecule has 0 fully saturated rings. The number of hydrogen-bond acceptors (Lipinski definition) is 3. The number of benzene rings is 1. The van der Waals surface area contributed by atoms with Gasteiger partial charge in [0, 0.05) is 4.47 Å². The average Bonchev–Trinajstić information content (AvgIpc) is 2.15. The minimum atomic E-state index is -2.31. The third-order valence-electron chi connectivity index (χ3n) is 1.75. The van der Waals surface area contributed by atoms with Gasteiger partial charge in [-0.2, -0.15) is 9.47 Å². The molecule has 80 valence electrons. The second-order valence-electron chi connectivity index (χ2n) is 2.84. The van der Waals surface area contributed by atoms with Crippen molar-refractivity contribution in [1.29, 1.82) is 5.26 Å². The zero-order chi connectivity index (χ0) is 11.4. The lowest BCUT2D eigenvalue weighted by Gasteiger charge is -2.10. The summed E-state index contributed by atoms with van der Waals surface area (Å²) in [4.78, 5) is 0. The molecule has 2 atom stereocenters. The van der Waals surface area contributed by atoms with Crippen LogP contribution in [0.15, 0.2) is 22.7 Å². The van der Waals surface area contributed by atoms with E-state index in [0.29, 0.717) is 11.1 Å². The molecule has 0 saturated carbocycles. The largest absolute Gasteiger partial charge is 0.302 e. The van der Waals surface area contributed by atoms with E-state index in [2.05, 4.69) is 20.1 Å². The van der Waals surface area contributed by atoms with Gasteiger partial charge in [-0.1, -0.05) is 15.9 Å². The maximum absolute atomic E-state index is 10.4. The van der Waals surface area contributed by atoms with Gasteiger partial charge in [0.25, 0.3) is 0 Å². The lowest BCUT2D eigenvalue weighted by atomic mass is 10.1. The van der Waals surface area contributed by atoms with Crippen LogP contribution in [0.4, 0.5) is 0 Å². The number of rotatable bonds is 3. The zero-order valence-electron chi connectivity index (χ0n) is 7.81. The summed E-state index contributed by atoms with van der Waals surface area (Å²) in [5, 5.41) is 8.73. The summed E-state index contributed by atoms with van der Waals surface area (Å²) in [5.41, 5.74) is 1.14. The van der Waals surface area contributed by atoms with Crippen molar-refractivity contribution in [3.8, 4) is 6.07 Å². The fourth-order valence-electron chi connectivity index (χ4n) is 1.09. The Bertz CT molecular complexity index is 430. The lowest BCUT2D eigenvalue weighted by Crippen LogP contribution is -2.02. The smallest absolute Gasteiger partial charge is 0.284 e. The molecule has 0 saturated heterocycles. The Morgan fingerprint density at radius 2 is 2.27 bits per heavy atom. The molecule has 4 nitrogen and oxygen atoms in total. The predicted molar refractivity (Wildman–Crippen MR) is 59.1 cm³/mol. The normalized spacial score (nSPS) is 14.3. The van der Waals surface area contributed by atoms with E-state index in [1.54, 1.807) is 25.1 Å². The summed E-state index contributed by atoms with van der Waals surface area (Å²) in [6.07, 6.45) is -0.541. The van der Waals surface area contributed by atoms with Gasteiger partial charge in [-0.05, 0) is 30.7 Å². The van der Waals surface area contributed by atoms with Crippen LogP contribution in [-0.2, 0) is 15.5 Å². The van der Waals surface area contributed by atoms with Gasteiger partial charge in [-0.3, -0.25) is 8.74 Å². The van der Waals surface area contributed by atoms with Gasteiger partial charge in [0.2, 0.25) is 0 Å². The molecule has 1 aromatic rings. The van der Waals surface area contributed by atoms with Crippen molar-refractivity contribution in [2.45, 2.75) is 13.0 Å². The second kappa shape index (κ2) is 5.37. The number of hydrogen-bond donors (Lipinski definition) is 1. The van der Waals surface area contributed by atoms with Crippen molar-refractivity contribution in [3.05, 3.63) is 33.8 Å². The Hall–Kier alpha value is -0.740. The maximum atomic E-state index is 10.4. The predicted octanol–water partition coefficient (Wildman–Crippen LogP) is 2.54. The molecule has 0 radical (unpaired) electrons. The van der Waals surface area contributed by atoms with Gasteiger partial charge in [0.05, 0.1) is 17.7 Å². The first-order chi connectivity index (χ1) is 7.02. The molecule has 1 rings (SSSR count). The molecule has 15 heavy (non-hydrogen) atoms. The Kier molecular flexibility index (Phi) is 4.42. The molecule has 0 amide bonds. The summed E-state index contributed by atoms with van der Waals surface area (Å²) in [6.45, 7) is 1.64. The molecule has 6 heteroatoms. The summed E-state index contributed by atoms with van der Waals surface area (Å²) in [5.74, 6) is 0. The maximum Gasteiger partial charge on any atom is 0.302 e. The Labute approximate surface area is 98.5 Å². The number of nitrogens with zero attached hydrogens (tertiary/aromatic N) is 1. The highest BCUT2D eigenvalue weighted by molar-refractivity contribution is 9.10. The molecule has 0 aliphatic rings. The fourth-order valence-corrected chi connectivity index (χ4v) is 1.96. The third-order valence-corrected chi connectivity index (χ3v) is 2.66. The Balaban J connectivity index is 2.99. The van der Waals surface area contributed by atoms with E-state index in [1.807, 2.05) is 6.07 Å². The highest BCUT2D eigenvalue weighted by Gasteiger charge is 2.10. The van der Waals surface area contributed by atoms with E-state index in [4.69, 9.17) is 9.81 Å². The molecule has 0 aromatic heterocycles. The standard InChI is InChI=1S/C9H8BrNO3S/c1-6(14-15(12)13)8-2-7(5-11)3-9(10)4-8/h2-4,6H,1H3,(H,12,13). The topological polar surface area (TPSA) is 70.3 Å². The molecule has 0 aliphatic carbocycles. The van der Waals surface area contributed by atoms with Crippen molar-refractivity contribution < 1.29 is 12.9 Å². The van der Waals surface area contributed by atoms with Crippen LogP contribution in [0.5, 0.6) is 0 Å². The minimum Gasteiger partial charge on any atom is -0.284 e. The second-order valence-corrected chi connectivity index (χ2v) is 4.38. The van der Waals surface area contributed by atoms with Crippen molar-refractivity contribution in [1.82, 2.24) is 0 Å². The van der Waals surface area contributed by atoms with Crippen LogP contribution < -0.4 is 0 Å². The molecule has 0 spiro atoms. The van der Waals surface area contributed by atoms with Crippen molar-refractivity contribution in [2.75, 3.05) is 0 Å². The van der Waals surface area contributed by atoms with Gasteiger partial charge < -0.3 is 0 Å². The van der Waals surface area contributed by atoms with E-state index < -0.39 is 17.5 Å². The Morgan fingerprint density at radius 3 is 2.80 bits per heavy atom. The van der Waals surface area contributed by atoms with E-state index >= 15 is 0 Å².